The van der Waals surface area contributed by atoms with Gasteiger partial charge in [-0.1, -0.05) is 0 Å². The highest BCUT2D eigenvalue weighted by molar-refractivity contribution is 5.43. The van der Waals surface area contributed by atoms with Gasteiger partial charge in [0.05, 0.1) is 37.8 Å². The average Bonchev–Trinajstić information content (AvgIpc) is 2.52. The van der Waals surface area contributed by atoms with E-state index >= 15 is 0 Å². The predicted molar refractivity (Wildman–Crippen MR) is 78.7 cm³/mol. The highest BCUT2D eigenvalue weighted by atomic mass is 16.6. The largest absolute Gasteiger partial charge is 0.376 e. The number of nitrogens with zero attached hydrogens (tertiary/aromatic N) is 4. The SMILES string of the molecule is Cn1ncc(N2CCN(C[C@H]3COCCO3)CC2)cc1=O. The van der Waals surface area contributed by atoms with E-state index in [2.05, 4.69) is 14.9 Å². The Kier molecular flexibility index (Phi) is 4.52. The Balaban J connectivity index is 1.52. The lowest BCUT2D eigenvalue weighted by atomic mass is 10.2. The van der Waals surface area contributed by atoms with Crippen molar-refractivity contribution in [3.8, 4) is 0 Å². The molecule has 7 nitrogen and oxygen atoms in total. The molecule has 0 aromatic carbocycles. The van der Waals surface area contributed by atoms with Gasteiger partial charge in [-0.2, -0.15) is 5.10 Å². The summed E-state index contributed by atoms with van der Waals surface area (Å²) >= 11 is 0. The molecule has 0 bridgehead atoms. The summed E-state index contributed by atoms with van der Waals surface area (Å²) in [4.78, 5) is 16.2. The summed E-state index contributed by atoms with van der Waals surface area (Å²) < 4.78 is 12.5. The van der Waals surface area contributed by atoms with Gasteiger partial charge in [0, 0.05) is 45.8 Å². The van der Waals surface area contributed by atoms with Gasteiger partial charge in [-0.05, 0) is 0 Å². The third kappa shape index (κ3) is 3.61. The van der Waals surface area contributed by atoms with Gasteiger partial charge in [-0.15, -0.1) is 0 Å². The lowest BCUT2D eigenvalue weighted by Gasteiger charge is -2.37. The van der Waals surface area contributed by atoms with Crippen LogP contribution < -0.4 is 10.5 Å². The maximum absolute atomic E-state index is 11.6. The standard InChI is InChI=1S/C14H22N4O3/c1-16-14(19)8-12(9-15-16)18-4-2-17(3-5-18)10-13-11-20-6-7-21-13/h8-9,13H,2-7,10-11H2,1H3/t13-/m0/s1. The molecular weight excluding hydrogens is 272 g/mol. The minimum absolute atomic E-state index is 0.0670. The summed E-state index contributed by atoms with van der Waals surface area (Å²) in [5, 5.41) is 4.08. The Morgan fingerprint density at radius 2 is 2.10 bits per heavy atom. The van der Waals surface area contributed by atoms with Crippen LogP contribution in [0.5, 0.6) is 0 Å². The Bertz CT molecular complexity index is 519. The number of aryl methyl sites for hydroxylation is 1. The normalized spacial score (nSPS) is 24.2. The molecule has 116 valence electrons. The topological polar surface area (TPSA) is 59.8 Å². The van der Waals surface area contributed by atoms with Crippen molar-refractivity contribution in [2.45, 2.75) is 6.10 Å². The Hall–Kier alpha value is -1.44. The number of piperazine rings is 1. The maximum atomic E-state index is 11.6. The molecule has 1 atom stereocenters. The molecule has 0 unspecified atom stereocenters. The monoisotopic (exact) mass is 294 g/mol. The summed E-state index contributed by atoms with van der Waals surface area (Å²) in [6.07, 6.45) is 1.95. The molecule has 2 aliphatic rings. The van der Waals surface area contributed by atoms with Gasteiger partial charge in [-0.25, -0.2) is 4.68 Å². The van der Waals surface area contributed by atoms with Crippen molar-refractivity contribution in [2.75, 3.05) is 57.4 Å². The summed E-state index contributed by atoms with van der Waals surface area (Å²) in [7, 11) is 1.66. The Morgan fingerprint density at radius 3 is 2.76 bits per heavy atom. The summed E-state index contributed by atoms with van der Waals surface area (Å²) in [6.45, 7) is 6.76. The molecule has 3 heterocycles. The smallest absolute Gasteiger partial charge is 0.268 e. The number of ether oxygens (including phenoxy) is 2. The second-order valence-corrected chi connectivity index (χ2v) is 5.53. The second-order valence-electron chi connectivity index (χ2n) is 5.53. The van der Waals surface area contributed by atoms with Crippen molar-refractivity contribution in [1.29, 1.82) is 0 Å². The number of aromatic nitrogens is 2. The first kappa shape index (κ1) is 14.5. The summed E-state index contributed by atoms with van der Waals surface area (Å²) in [6, 6.07) is 1.65. The van der Waals surface area contributed by atoms with Crippen LogP contribution in [0.1, 0.15) is 0 Å². The molecule has 1 aromatic heterocycles. The van der Waals surface area contributed by atoms with Gasteiger partial charge < -0.3 is 14.4 Å². The van der Waals surface area contributed by atoms with E-state index in [0.717, 1.165) is 38.4 Å². The van der Waals surface area contributed by atoms with Gasteiger partial charge in [0.25, 0.3) is 5.56 Å². The minimum Gasteiger partial charge on any atom is -0.376 e. The van der Waals surface area contributed by atoms with Crippen LogP contribution in [0.15, 0.2) is 17.1 Å². The van der Waals surface area contributed by atoms with Gasteiger partial charge >= 0.3 is 0 Å². The van der Waals surface area contributed by atoms with Crippen LogP contribution in [0.3, 0.4) is 0 Å². The zero-order chi connectivity index (χ0) is 14.7. The van der Waals surface area contributed by atoms with Crippen LogP contribution in [0.4, 0.5) is 5.69 Å². The number of anilines is 1. The zero-order valence-corrected chi connectivity index (χ0v) is 12.4. The molecule has 0 N–H and O–H groups in total. The molecule has 7 heteroatoms. The van der Waals surface area contributed by atoms with Gasteiger partial charge in [0.15, 0.2) is 0 Å². The third-order valence-corrected chi connectivity index (χ3v) is 4.04. The predicted octanol–water partition coefficient (Wildman–Crippen LogP) is -0.682. The third-order valence-electron chi connectivity index (χ3n) is 4.04. The van der Waals surface area contributed by atoms with Gasteiger partial charge in [0.1, 0.15) is 0 Å². The molecule has 2 saturated heterocycles. The summed E-state index contributed by atoms with van der Waals surface area (Å²) in [5.41, 5.74) is 0.845. The highest BCUT2D eigenvalue weighted by Gasteiger charge is 2.22. The first-order chi connectivity index (χ1) is 10.2. The van der Waals surface area contributed by atoms with Crippen LogP contribution in [0.25, 0.3) is 0 Å². The first-order valence-corrected chi connectivity index (χ1v) is 7.42. The van der Waals surface area contributed by atoms with Crippen LogP contribution in [0, 0.1) is 0 Å². The van der Waals surface area contributed by atoms with E-state index in [1.165, 1.54) is 4.68 Å². The molecule has 21 heavy (non-hydrogen) atoms. The summed E-state index contributed by atoms with van der Waals surface area (Å²) in [5.74, 6) is 0. The molecule has 2 fully saturated rings. The van der Waals surface area contributed by atoms with E-state index in [1.807, 2.05) is 0 Å². The van der Waals surface area contributed by atoms with Crippen molar-refractivity contribution < 1.29 is 9.47 Å². The molecule has 3 rings (SSSR count). The highest BCUT2D eigenvalue weighted by Crippen LogP contribution is 2.14. The number of hydrogen-bond acceptors (Lipinski definition) is 6. The molecule has 2 aliphatic heterocycles. The van der Waals surface area contributed by atoms with E-state index in [-0.39, 0.29) is 11.7 Å². The number of hydrogen-bond donors (Lipinski definition) is 0. The van der Waals surface area contributed by atoms with E-state index < -0.39 is 0 Å². The lowest BCUT2D eigenvalue weighted by molar-refractivity contribution is -0.0977. The Labute approximate surface area is 124 Å². The molecule has 1 aromatic rings. The number of rotatable bonds is 3. The van der Waals surface area contributed by atoms with Crippen LogP contribution in [0.2, 0.25) is 0 Å². The van der Waals surface area contributed by atoms with E-state index in [0.29, 0.717) is 19.8 Å². The van der Waals surface area contributed by atoms with E-state index in [1.54, 1.807) is 19.3 Å². The van der Waals surface area contributed by atoms with Crippen LogP contribution in [-0.4, -0.2) is 73.3 Å². The lowest BCUT2D eigenvalue weighted by Crippen LogP contribution is -2.50. The average molecular weight is 294 g/mol. The van der Waals surface area contributed by atoms with Crippen molar-refractivity contribution in [1.82, 2.24) is 14.7 Å². The van der Waals surface area contributed by atoms with Crippen molar-refractivity contribution >= 4 is 5.69 Å². The van der Waals surface area contributed by atoms with Crippen molar-refractivity contribution in [3.63, 3.8) is 0 Å². The molecular formula is C14H22N4O3. The zero-order valence-electron chi connectivity index (χ0n) is 12.4. The fourth-order valence-electron chi connectivity index (χ4n) is 2.75. The first-order valence-electron chi connectivity index (χ1n) is 7.42. The van der Waals surface area contributed by atoms with Crippen molar-refractivity contribution in [3.05, 3.63) is 22.6 Å². The molecule has 0 radical (unpaired) electrons. The van der Waals surface area contributed by atoms with E-state index in [4.69, 9.17) is 9.47 Å². The fourth-order valence-corrected chi connectivity index (χ4v) is 2.75. The minimum atomic E-state index is -0.0670. The van der Waals surface area contributed by atoms with Crippen LogP contribution >= 0.6 is 0 Å². The molecule has 0 saturated carbocycles. The Morgan fingerprint density at radius 1 is 1.29 bits per heavy atom. The van der Waals surface area contributed by atoms with E-state index in [9.17, 15) is 4.79 Å². The maximum Gasteiger partial charge on any atom is 0.268 e. The molecule has 0 spiro atoms. The molecule has 0 amide bonds. The van der Waals surface area contributed by atoms with Gasteiger partial charge in [0.2, 0.25) is 0 Å². The quantitative estimate of drug-likeness (QED) is 0.736. The van der Waals surface area contributed by atoms with Crippen LogP contribution in [-0.2, 0) is 16.5 Å². The second kappa shape index (κ2) is 6.55. The molecule has 0 aliphatic carbocycles. The van der Waals surface area contributed by atoms with Crippen molar-refractivity contribution in [2.24, 2.45) is 7.05 Å². The van der Waals surface area contributed by atoms with Gasteiger partial charge in [-0.3, -0.25) is 9.69 Å². The fraction of sp³-hybridized carbons (Fsp3) is 0.714.